The first kappa shape index (κ1) is 32.8. The van der Waals surface area contributed by atoms with Gasteiger partial charge in [-0.1, -0.05) is 164 Å². The molecule has 0 spiro atoms. The van der Waals surface area contributed by atoms with Crippen molar-refractivity contribution in [3.63, 3.8) is 0 Å². The summed E-state index contributed by atoms with van der Waals surface area (Å²) < 4.78 is 13.7. The van der Waals surface area contributed by atoms with Crippen LogP contribution in [0.15, 0.2) is 221 Å². The number of fused-ring (bicyclic) bond motifs is 6. The van der Waals surface area contributed by atoms with Gasteiger partial charge in [0.15, 0.2) is 0 Å². The topological polar surface area (TPSA) is 29.5 Å². The van der Waals surface area contributed by atoms with Crippen molar-refractivity contribution in [3.8, 4) is 44.5 Å². The molecule has 0 bridgehead atoms. The maximum absolute atomic E-state index is 6.83. The summed E-state index contributed by atoms with van der Waals surface area (Å²) in [7, 11) is 0. The standard InChI is InChI=1S/C54H35NO2/c1-4-17-36(18-5-1)41-25-10-11-26-42(41)39-23-16-24-40(35-39)55(47-33-31-43(37-19-6-2-7-20-37)53-51(47)45-27-12-14-29-49(45)56-53)48-34-32-44(38-21-8-3-9-22-38)54-52(48)46-28-13-15-30-50(46)57-54/h1-35H. The van der Waals surface area contributed by atoms with Gasteiger partial charge in [-0.25, -0.2) is 0 Å². The second-order valence-corrected chi connectivity index (χ2v) is 14.4. The van der Waals surface area contributed by atoms with E-state index in [4.69, 9.17) is 8.83 Å². The molecule has 57 heavy (non-hydrogen) atoms. The number of anilines is 3. The predicted molar refractivity (Wildman–Crippen MR) is 237 cm³/mol. The number of rotatable bonds is 7. The number of hydrogen-bond donors (Lipinski definition) is 0. The molecule has 0 atom stereocenters. The van der Waals surface area contributed by atoms with Gasteiger partial charge in [0.25, 0.3) is 0 Å². The first-order chi connectivity index (χ1) is 28.3. The number of benzene rings is 9. The Morgan fingerprint density at radius 3 is 1.21 bits per heavy atom. The minimum absolute atomic E-state index is 0.848. The van der Waals surface area contributed by atoms with Crippen LogP contribution in [0.2, 0.25) is 0 Å². The Hall–Kier alpha value is -7.62. The molecule has 0 saturated heterocycles. The van der Waals surface area contributed by atoms with Crippen molar-refractivity contribution < 1.29 is 8.83 Å². The molecule has 2 aromatic heterocycles. The number of nitrogens with zero attached hydrogens (tertiary/aromatic N) is 1. The molecule has 0 aliphatic heterocycles. The third kappa shape index (κ3) is 5.51. The van der Waals surface area contributed by atoms with Gasteiger partial charge >= 0.3 is 0 Å². The van der Waals surface area contributed by atoms with Crippen LogP contribution in [0.25, 0.3) is 88.4 Å². The van der Waals surface area contributed by atoms with Gasteiger partial charge in [-0.3, -0.25) is 0 Å². The normalized spacial score (nSPS) is 11.5. The molecule has 2 heterocycles. The summed E-state index contributed by atoms with van der Waals surface area (Å²) in [5.74, 6) is 0. The average Bonchev–Trinajstić information content (AvgIpc) is 3.88. The Balaban J connectivity index is 1.24. The molecule has 0 fully saturated rings. The van der Waals surface area contributed by atoms with Crippen LogP contribution < -0.4 is 4.90 Å². The monoisotopic (exact) mass is 729 g/mol. The van der Waals surface area contributed by atoms with E-state index < -0.39 is 0 Å². The van der Waals surface area contributed by atoms with E-state index in [-0.39, 0.29) is 0 Å². The second kappa shape index (κ2) is 13.6. The van der Waals surface area contributed by atoms with Gasteiger partial charge < -0.3 is 13.7 Å². The fraction of sp³-hybridized carbons (Fsp3) is 0. The highest BCUT2D eigenvalue weighted by Gasteiger charge is 2.26. The summed E-state index contributed by atoms with van der Waals surface area (Å²) in [6.07, 6.45) is 0. The van der Waals surface area contributed by atoms with Crippen molar-refractivity contribution in [2.75, 3.05) is 4.90 Å². The summed E-state index contributed by atoms with van der Waals surface area (Å²) in [6.45, 7) is 0. The third-order valence-electron chi connectivity index (χ3n) is 11.1. The molecule has 0 saturated carbocycles. The molecule has 0 aliphatic carbocycles. The van der Waals surface area contributed by atoms with Gasteiger partial charge in [0.2, 0.25) is 0 Å². The minimum Gasteiger partial charge on any atom is -0.455 e. The van der Waals surface area contributed by atoms with Crippen molar-refractivity contribution in [3.05, 3.63) is 212 Å². The molecule has 0 amide bonds. The number of furan rings is 2. The van der Waals surface area contributed by atoms with Crippen molar-refractivity contribution in [1.29, 1.82) is 0 Å². The van der Waals surface area contributed by atoms with Crippen LogP contribution in [0.4, 0.5) is 17.1 Å². The molecule has 0 unspecified atom stereocenters. The predicted octanol–water partition coefficient (Wildman–Crippen LogP) is 15.6. The molecule has 0 radical (unpaired) electrons. The van der Waals surface area contributed by atoms with E-state index in [9.17, 15) is 0 Å². The van der Waals surface area contributed by atoms with Gasteiger partial charge in [-0.15, -0.1) is 0 Å². The zero-order valence-electron chi connectivity index (χ0n) is 31.0. The van der Waals surface area contributed by atoms with Crippen molar-refractivity contribution in [2.24, 2.45) is 0 Å². The quantitative estimate of drug-likeness (QED) is 0.164. The summed E-state index contributed by atoms with van der Waals surface area (Å²) in [5.41, 5.74) is 15.4. The number of hydrogen-bond acceptors (Lipinski definition) is 3. The molecule has 9 aromatic carbocycles. The summed E-state index contributed by atoms with van der Waals surface area (Å²) in [5, 5.41) is 4.22. The molecular formula is C54H35NO2. The van der Waals surface area contributed by atoms with Crippen LogP contribution in [-0.4, -0.2) is 0 Å². The average molecular weight is 730 g/mol. The first-order valence-corrected chi connectivity index (χ1v) is 19.3. The fourth-order valence-electron chi connectivity index (χ4n) is 8.51. The molecule has 3 nitrogen and oxygen atoms in total. The number of para-hydroxylation sites is 2. The molecule has 11 aromatic rings. The van der Waals surface area contributed by atoms with E-state index in [0.29, 0.717) is 0 Å². The van der Waals surface area contributed by atoms with Crippen molar-refractivity contribution in [2.45, 2.75) is 0 Å². The van der Waals surface area contributed by atoms with Crippen LogP contribution in [0.5, 0.6) is 0 Å². The maximum atomic E-state index is 6.83. The lowest BCUT2D eigenvalue weighted by molar-refractivity contribution is 0.670. The lowest BCUT2D eigenvalue weighted by Crippen LogP contribution is -2.11. The molecule has 0 N–H and O–H groups in total. The zero-order chi connectivity index (χ0) is 37.7. The second-order valence-electron chi connectivity index (χ2n) is 14.4. The van der Waals surface area contributed by atoms with E-state index in [1.807, 2.05) is 12.1 Å². The third-order valence-corrected chi connectivity index (χ3v) is 11.1. The molecule has 0 aliphatic rings. The maximum Gasteiger partial charge on any atom is 0.145 e. The largest absolute Gasteiger partial charge is 0.455 e. The Kier molecular flexibility index (Phi) is 7.82. The van der Waals surface area contributed by atoms with Crippen LogP contribution in [0, 0.1) is 0 Å². The molecule has 11 rings (SSSR count). The van der Waals surface area contributed by atoms with Crippen molar-refractivity contribution in [1.82, 2.24) is 0 Å². The van der Waals surface area contributed by atoms with Crippen molar-refractivity contribution >= 4 is 60.9 Å². The van der Waals surface area contributed by atoms with Crippen LogP contribution in [-0.2, 0) is 0 Å². The van der Waals surface area contributed by atoms with Gasteiger partial charge in [-0.05, 0) is 81.9 Å². The SMILES string of the molecule is c1ccc(-c2ccccc2-c2cccc(N(c3ccc(-c4ccccc4)c4oc5ccccc5c34)c3ccc(-c4ccccc4)c4oc5ccccc5c34)c2)cc1. The van der Waals surface area contributed by atoms with E-state index in [0.717, 1.165) is 88.8 Å². The van der Waals surface area contributed by atoms with Crippen LogP contribution >= 0.6 is 0 Å². The Bertz CT molecular complexity index is 3080. The van der Waals surface area contributed by atoms with Gasteiger partial charge in [0.1, 0.15) is 22.3 Å². The van der Waals surface area contributed by atoms with E-state index in [2.05, 4.69) is 205 Å². The minimum atomic E-state index is 0.848. The fourth-order valence-corrected chi connectivity index (χ4v) is 8.51. The van der Waals surface area contributed by atoms with Gasteiger partial charge in [-0.2, -0.15) is 0 Å². The van der Waals surface area contributed by atoms with Crippen LogP contribution in [0.1, 0.15) is 0 Å². The highest BCUT2D eigenvalue weighted by molar-refractivity contribution is 6.21. The molecular weight excluding hydrogens is 695 g/mol. The highest BCUT2D eigenvalue weighted by atomic mass is 16.3. The van der Waals surface area contributed by atoms with E-state index in [1.165, 1.54) is 16.7 Å². The van der Waals surface area contributed by atoms with Gasteiger partial charge in [0.05, 0.1) is 22.1 Å². The molecule has 3 heteroatoms. The van der Waals surface area contributed by atoms with Crippen LogP contribution in [0.3, 0.4) is 0 Å². The Morgan fingerprint density at radius 2 is 0.702 bits per heavy atom. The lowest BCUT2D eigenvalue weighted by Gasteiger charge is -2.28. The Morgan fingerprint density at radius 1 is 0.298 bits per heavy atom. The summed E-state index contributed by atoms with van der Waals surface area (Å²) in [6, 6.07) is 74.9. The van der Waals surface area contributed by atoms with Gasteiger partial charge in [0, 0.05) is 27.6 Å². The Labute approximate surface area is 330 Å². The zero-order valence-corrected chi connectivity index (χ0v) is 31.0. The first-order valence-electron chi connectivity index (χ1n) is 19.3. The lowest BCUT2D eigenvalue weighted by atomic mass is 9.94. The van der Waals surface area contributed by atoms with E-state index >= 15 is 0 Å². The molecule has 268 valence electrons. The smallest absolute Gasteiger partial charge is 0.145 e. The van der Waals surface area contributed by atoms with E-state index in [1.54, 1.807) is 0 Å². The highest BCUT2D eigenvalue weighted by Crippen LogP contribution is 2.50. The summed E-state index contributed by atoms with van der Waals surface area (Å²) >= 11 is 0. The summed E-state index contributed by atoms with van der Waals surface area (Å²) in [4.78, 5) is 2.41.